The average Bonchev–Trinajstić information content (AvgIpc) is 2.52. The van der Waals surface area contributed by atoms with E-state index >= 15 is 0 Å². The van der Waals surface area contributed by atoms with Gasteiger partial charge in [0.15, 0.2) is 0 Å². The number of hydrogen-bond acceptors (Lipinski definition) is 3. The number of hydrogen-bond donors (Lipinski definition) is 2. The van der Waals surface area contributed by atoms with Crippen molar-refractivity contribution < 1.29 is 5.11 Å². The molecule has 2 N–H and O–H groups in total. The molecule has 2 rings (SSSR count). The number of phenolic OH excluding ortho intramolecular Hbond substituents is 1. The van der Waals surface area contributed by atoms with Crippen LogP contribution in [-0.2, 0) is 0 Å². The summed E-state index contributed by atoms with van der Waals surface area (Å²) in [6.07, 6.45) is 2.37. The Morgan fingerprint density at radius 3 is 2.25 bits per heavy atom. The Morgan fingerprint density at radius 1 is 1.15 bits per heavy atom. The van der Waals surface area contributed by atoms with E-state index in [2.05, 4.69) is 17.1 Å². The van der Waals surface area contributed by atoms with E-state index in [-0.39, 0.29) is 0 Å². The Kier molecular flexibility index (Phi) is 10.9. The fraction of sp³-hybridized carbons (Fsp3) is 0.647. The van der Waals surface area contributed by atoms with Crippen molar-refractivity contribution in [2.75, 3.05) is 25.0 Å². The van der Waals surface area contributed by atoms with Gasteiger partial charge in [-0.2, -0.15) is 0 Å². The highest BCUT2D eigenvalue weighted by Crippen LogP contribution is 2.19. The molecule has 0 bridgehead atoms. The molecule has 1 aliphatic heterocycles. The van der Waals surface area contributed by atoms with Crippen molar-refractivity contribution in [1.29, 1.82) is 0 Å². The molecule has 116 valence electrons. The van der Waals surface area contributed by atoms with Crippen LogP contribution in [0.25, 0.3) is 0 Å². The standard InChI is InChI=1S/C13H20N2O.2C2H6/c1-2-15-8-6-11(7-9-15)14-12-4-3-5-13(16)10-12;2*1-2/h3-5,10-11,14,16H,2,6-9H2,1H3;2*1-2H3. The van der Waals surface area contributed by atoms with Gasteiger partial charge in [-0.05, 0) is 31.5 Å². The first-order valence-electron chi connectivity index (χ1n) is 8.06. The minimum absolute atomic E-state index is 0.330. The van der Waals surface area contributed by atoms with Crippen molar-refractivity contribution in [3.8, 4) is 5.75 Å². The lowest BCUT2D eigenvalue weighted by Crippen LogP contribution is -2.38. The van der Waals surface area contributed by atoms with Gasteiger partial charge in [0.2, 0.25) is 0 Å². The monoisotopic (exact) mass is 280 g/mol. The molecule has 0 aromatic heterocycles. The first-order valence-corrected chi connectivity index (χ1v) is 8.06. The van der Waals surface area contributed by atoms with Crippen LogP contribution >= 0.6 is 0 Å². The number of anilines is 1. The van der Waals surface area contributed by atoms with Crippen LogP contribution in [0.2, 0.25) is 0 Å². The third-order valence-electron chi connectivity index (χ3n) is 3.25. The van der Waals surface area contributed by atoms with Crippen LogP contribution in [0.5, 0.6) is 5.75 Å². The molecule has 0 unspecified atom stereocenters. The predicted octanol–water partition coefficient (Wildman–Crippen LogP) is 4.34. The maximum Gasteiger partial charge on any atom is 0.117 e. The van der Waals surface area contributed by atoms with E-state index < -0.39 is 0 Å². The molecule has 1 aromatic carbocycles. The van der Waals surface area contributed by atoms with Gasteiger partial charge in [-0.3, -0.25) is 0 Å². The van der Waals surface area contributed by atoms with Crippen molar-refractivity contribution in [2.45, 2.75) is 53.5 Å². The highest BCUT2D eigenvalue weighted by Gasteiger charge is 2.17. The van der Waals surface area contributed by atoms with Gasteiger partial charge in [-0.1, -0.05) is 40.7 Å². The molecule has 1 fully saturated rings. The second-order valence-corrected chi connectivity index (χ2v) is 4.40. The number of benzene rings is 1. The number of aromatic hydroxyl groups is 1. The first-order chi connectivity index (χ1) is 9.78. The molecule has 1 heterocycles. The molecular formula is C17H32N2O. The number of nitrogens with zero attached hydrogens (tertiary/aromatic N) is 1. The molecule has 3 heteroatoms. The molecule has 0 radical (unpaired) electrons. The lowest BCUT2D eigenvalue weighted by atomic mass is 10.0. The van der Waals surface area contributed by atoms with Crippen molar-refractivity contribution in [1.82, 2.24) is 4.90 Å². The van der Waals surface area contributed by atoms with Gasteiger partial charge in [0.1, 0.15) is 5.75 Å². The molecule has 20 heavy (non-hydrogen) atoms. The molecule has 1 saturated heterocycles. The summed E-state index contributed by atoms with van der Waals surface area (Å²) in [7, 11) is 0. The first kappa shape index (κ1) is 18.8. The number of phenols is 1. The van der Waals surface area contributed by atoms with Crippen LogP contribution in [0, 0.1) is 0 Å². The third-order valence-corrected chi connectivity index (χ3v) is 3.25. The Morgan fingerprint density at radius 2 is 1.75 bits per heavy atom. The number of piperidine rings is 1. The van der Waals surface area contributed by atoms with E-state index in [0.29, 0.717) is 11.8 Å². The van der Waals surface area contributed by atoms with E-state index in [1.807, 2.05) is 39.8 Å². The molecule has 0 amide bonds. The van der Waals surface area contributed by atoms with Gasteiger partial charge >= 0.3 is 0 Å². The Bertz CT molecular complexity index is 334. The van der Waals surface area contributed by atoms with Crippen LogP contribution in [-0.4, -0.2) is 35.7 Å². The second-order valence-electron chi connectivity index (χ2n) is 4.40. The summed E-state index contributed by atoms with van der Waals surface area (Å²) in [6.45, 7) is 13.7. The summed E-state index contributed by atoms with van der Waals surface area (Å²) in [5, 5.41) is 12.9. The molecule has 1 aliphatic rings. The zero-order valence-electron chi connectivity index (χ0n) is 13.8. The molecule has 0 aliphatic carbocycles. The van der Waals surface area contributed by atoms with E-state index in [0.717, 1.165) is 12.2 Å². The summed E-state index contributed by atoms with van der Waals surface area (Å²) in [5.41, 5.74) is 1.02. The minimum atomic E-state index is 0.330. The smallest absolute Gasteiger partial charge is 0.117 e. The summed E-state index contributed by atoms with van der Waals surface area (Å²) in [5.74, 6) is 0.330. The quantitative estimate of drug-likeness (QED) is 0.864. The van der Waals surface area contributed by atoms with Gasteiger partial charge in [0.25, 0.3) is 0 Å². The highest BCUT2D eigenvalue weighted by molar-refractivity contribution is 5.48. The Labute approximate surface area is 125 Å². The molecular weight excluding hydrogens is 248 g/mol. The van der Waals surface area contributed by atoms with Crippen LogP contribution in [0.1, 0.15) is 47.5 Å². The van der Waals surface area contributed by atoms with E-state index in [1.165, 1.54) is 25.9 Å². The van der Waals surface area contributed by atoms with Gasteiger partial charge in [0.05, 0.1) is 0 Å². The van der Waals surface area contributed by atoms with Crippen molar-refractivity contribution in [2.24, 2.45) is 0 Å². The Hall–Kier alpha value is -1.22. The van der Waals surface area contributed by atoms with Gasteiger partial charge < -0.3 is 15.3 Å². The minimum Gasteiger partial charge on any atom is -0.508 e. The summed E-state index contributed by atoms with van der Waals surface area (Å²) in [6, 6.07) is 7.91. The van der Waals surface area contributed by atoms with Crippen LogP contribution in [0.15, 0.2) is 24.3 Å². The lowest BCUT2D eigenvalue weighted by Gasteiger charge is -2.32. The largest absolute Gasteiger partial charge is 0.508 e. The zero-order chi connectivity index (χ0) is 15.4. The zero-order valence-corrected chi connectivity index (χ0v) is 13.8. The molecule has 1 aromatic rings. The average molecular weight is 280 g/mol. The number of nitrogens with one attached hydrogen (secondary N) is 1. The van der Waals surface area contributed by atoms with E-state index in [4.69, 9.17) is 0 Å². The maximum absolute atomic E-state index is 9.37. The SMILES string of the molecule is CC.CC.CCN1CCC(Nc2cccc(O)c2)CC1. The molecule has 3 nitrogen and oxygen atoms in total. The van der Waals surface area contributed by atoms with Gasteiger partial charge in [-0.15, -0.1) is 0 Å². The van der Waals surface area contributed by atoms with Gasteiger partial charge in [0, 0.05) is 30.9 Å². The van der Waals surface area contributed by atoms with Crippen LogP contribution in [0.4, 0.5) is 5.69 Å². The van der Waals surface area contributed by atoms with E-state index in [1.54, 1.807) is 12.1 Å². The fourth-order valence-electron chi connectivity index (χ4n) is 2.22. The van der Waals surface area contributed by atoms with Crippen LogP contribution < -0.4 is 5.32 Å². The highest BCUT2D eigenvalue weighted by atomic mass is 16.3. The summed E-state index contributed by atoms with van der Waals surface area (Å²) < 4.78 is 0. The molecule has 0 atom stereocenters. The van der Waals surface area contributed by atoms with E-state index in [9.17, 15) is 5.11 Å². The molecule has 0 saturated carbocycles. The summed E-state index contributed by atoms with van der Waals surface area (Å²) in [4.78, 5) is 2.47. The molecule has 0 spiro atoms. The lowest BCUT2D eigenvalue weighted by molar-refractivity contribution is 0.229. The van der Waals surface area contributed by atoms with Crippen molar-refractivity contribution in [3.05, 3.63) is 24.3 Å². The predicted molar refractivity (Wildman–Crippen MR) is 89.6 cm³/mol. The van der Waals surface area contributed by atoms with Crippen molar-refractivity contribution >= 4 is 5.69 Å². The Balaban J connectivity index is 0.000000829. The van der Waals surface area contributed by atoms with Crippen LogP contribution in [0.3, 0.4) is 0 Å². The fourth-order valence-corrected chi connectivity index (χ4v) is 2.22. The summed E-state index contributed by atoms with van der Waals surface area (Å²) >= 11 is 0. The number of likely N-dealkylation sites (tertiary alicyclic amines) is 1. The second kappa shape index (κ2) is 11.6. The maximum atomic E-state index is 9.37. The third kappa shape index (κ3) is 6.80. The normalized spacial score (nSPS) is 15.4. The topological polar surface area (TPSA) is 35.5 Å². The number of rotatable bonds is 3. The van der Waals surface area contributed by atoms with Gasteiger partial charge in [-0.25, -0.2) is 0 Å². The van der Waals surface area contributed by atoms with Crippen molar-refractivity contribution in [3.63, 3.8) is 0 Å².